The third kappa shape index (κ3) is 5.50. The second-order valence-electron chi connectivity index (χ2n) is 5.32. The predicted molar refractivity (Wildman–Crippen MR) is 91.5 cm³/mol. The van der Waals surface area contributed by atoms with Crippen molar-refractivity contribution in [2.75, 3.05) is 13.7 Å². The van der Waals surface area contributed by atoms with Crippen LogP contribution in [-0.2, 0) is 30.9 Å². The van der Waals surface area contributed by atoms with Gasteiger partial charge in [0, 0.05) is 5.56 Å². The standard InChI is InChI=1S/C17H17NO8S/c1-11(19)12-3-6-14(7-4-12)27(22,23)18-9-16(20)25-10-13-5-8-15(26-13)17(21)24-2/h3-8,18H,9-10H2,1-2H3. The molecule has 0 aliphatic rings. The predicted octanol–water partition coefficient (Wildman–Crippen LogP) is 1.29. The number of Topliss-reactive ketones (excluding diaryl/α,β-unsaturated/α-hetero) is 1. The van der Waals surface area contributed by atoms with Gasteiger partial charge in [-0.05, 0) is 31.2 Å². The Morgan fingerprint density at radius 1 is 1.07 bits per heavy atom. The minimum atomic E-state index is -3.94. The van der Waals surface area contributed by atoms with Crippen LogP contribution in [0.2, 0.25) is 0 Å². The first-order valence-electron chi connectivity index (χ1n) is 7.66. The molecule has 27 heavy (non-hydrogen) atoms. The Hall–Kier alpha value is -2.98. The van der Waals surface area contributed by atoms with Crippen molar-refractivity contribution in [3.8, 4) is 0 Å². The van der Waals surface area contributed by atoms with E-state index in [2.05, 4.69) is 9.46 Å². The van der Waals surface area contributed by atoms with Crippen molar-refractivity contribution < 1.29 is 36.7 Å². The molecule has 9 nitrogen and oxygen atoms in total. The van der Waals surface area contributed by atoms with Crippen LogP contribution in [-0.4, -0.2) is 39.8 Å². The monoisotopic (exact) mass is 395 g/mol. The molecule has 0 fully saturated rings. The van der Waals surface area contributed by atoms with E-state index in [1.807, 2.05) is 0 Å². The number of nitrogens with one attached hydrogen (secondary N) is 1. The van der Waals surface area contributed by atoms with Crippen LogP contribution in [0.5, 0.6) is 0 Å². The van der Waals surface area contributed by atoms with E-state index in [0.29, 0.717) is 5.56 Å². The van der Waals surface area contributed by atoms with Crippen molar-refractivity contribution in [2.24, 2.45) is 0 Å². The van der Waals surface area contributed by atoms with E-state index < -0.39 is 28.5 Å². The zero-order valence-corrected chi connectivity index (χ0v) is 15.4. The lowest BCUT2D eigenvalue weighted by Gasteiger charge is -2.07. The average Bonchev–Trinajstić information content (AvgIpc) is 3.13. The van der Waals surface area contributed by atoms with Crippen LogP contribution in [0.25, 0.3) is 0 Å². The summed E-state index contributed by atoms with van der Waals surface area (Å²) in [5, 5.41) is 0. The highest BCUT2D eigenvalue weighted by atomic mass is 32.2. The summed E-state index contributed by atoms with van der Waals surface area (Å²) in [4.78, 5) is 34.1. The van der Waals surface area contributed by atoms with Crippen LogP contribution in [0, 0.1) is 0 Å². The fraction of sp³-hybridized carbons (Fsp3) is 0.235. The van der Waals surface area contributed by atoms with Gasteiger partial charge in [0.1, 0.15) is 18.9 Å². The summed E-state index contributed by atoms with van der Waals surface area (Å²) in [6.45, 7) is 0.497. The topological polar surface area (TPSA) is 129 Å². The minimum absolute atomic E-state index is 0.0433. The summed E-state index contributed by atoms with van der Waals surface area (Å²) in [6, 6.07) is 8.09. The largest absolute Gasteiger partial charge is 0.463 e. The zero-order valence-electron chi connectivity index (χ0n) is 14.6. The van der Waals surface area contributed by atoms with Gasteiger partial charge in [-0.1, -0.05) is 12.1 Å². The summed E-state index contributed by atoms with van der Waals surface area (Å²) >= 11 is 0. The molecule has 0 atom stereocenters. The molecular weight excluding hydrogens is 378 g/mol. The molecule has 1 aromatic heterocycles. The maximum atomic E-state index is 12.1. The van der Waals surface area contributed by atoms with Crippen LogP contribution in [0.1, 0.15) is 33.6 Å². The van der Waals surface area contributed by atoms with Crippen molar-refractivity contribution in [2.45, 2.75) is 18.4 Å². The Labute approximate surface area is 155 Å². The van der Waals surface area contributed by atoms with Crippen LogP contribution in [0.4, 0.5) is 0 Å². The molecule has 0 bridgehead atoms. The number of furan rings is 1. The number of ether oxygens (including phenoxy) is 2. The number of benzene rings is 1. The molecule has 2 rings (SSSR count). The Morgan fingerprint density at radius 2 is 1.74 bits per heavy atom. The first kappa shape index (κ1) is 20.3. The molecule has 2 aromatic rings. The van der Waals surface area contributed by atoms with E-state index in [0.717, 1.165) is 0 Å². The van der Waals surface area contributed by atoms with Gasteiger partial charge < -0.3 is 13.9 Å². The summed E-state index contributed by atoms with van der Waals surface area (Å²) in [5.41, 5.74) is 0.373. The zero-order chi connectivity index (χ0) is 20.0. The quantitative estimate of drug-likeness (QED) is 0.523. The molecule has 1 heterocycles. The molecule has 144 valence electrons. The molecule has 1 N–H and O–H groups in total. The van der Waals surface area contributed by atoms with Gasteiger partial charge in [0.15, 0.2) is 5.78 Å². The lowest BCUT2D eigenvalue weighted by Crippen LogP contribution is -2.30. The summed E-state index contributed by atoms with van der Waals surface area (Å²) in [5.74, 6) is -1.54. The Kier molecular flexibility index (Phi) is 6.48. The first-order valence-corrected chi connectivity index (χ1v) is 9.14. The van der Waals surface area contributed by atoms with E-state index in [1.165, 1.54) is 50.4 Å². The van der Waals surface area contributed by atoms with Crippen molar-refractivity contribution >= 4 is 27.7 Å². The fourth-order valence-electron chi connectivity index (χ4n) is 1.97. The number of rotatable bonds is 8. The van der Waals surface area contributed by atoms with Crippen molar-refractivity contribution in [3.63, 3.8) is 0 Å². The molecule has 1 aromatic carbocycles. The van der Waals surface area contributed by atoms with Gasteiger partial charge >= 0.3 is 11.9 Å². The van der Waals surface area contributed by atoms with Crippen molar-refractivity contribution in [1.29, 1.82) is 0 Å². The van der Waals surface area contributed by atoms with Crippen LogP contribution < -0.4 is 4.72 Å². The van der Waals surface area contributed by atoms with Gasteiger partial charge in [-0.2, -0.15) is 4.72 Å². The molecule has 0 radical (unpaired) electrons. The number of hydrogen-bond acceptors (Lipinski definition) is 8. The summed E-state index contributed by atoms with van der Waals surface area (Å²) in [6.07, 6.45) is 0. The van der Waals surface area contributed by atoms with Gasteiger partial charge in [-0.3, -0.25) is 9.59 Å². The Morgan fingerprint density at radius 3 is 2.33 bits per heavy atom. The van der Waals surface area contributed by atoms with Gasteiger partial charge in [-0.15, -0.1) is 0 Å². The molecule has 0 aliphatic heterocycles. The lowest BCUT2D eigenvalue weighted by atomic mass is 10.2. The summed E-state index contributed by atoms with van der Waals surface area (Å²) < 4.78 is 40.8. The molecule has 0 spiro atoms. The van der Waals surface area contributed by atoms with E-state index in [4.69, 9.17) is 9.15 Å². The number of sulfonamides is 1. The van der Waals surface area contributed by atoms with Crippen molar-refractivity contribution in [1.82, 2.24) is 4.72 Å². The number of carbonyl (C=O) groups excluding carboxylic acids is 3. The molecular formula is C17H17NO8S. The molecule has 0 unspecified atom stereocenters. The minimum Gasteiger partial charge on any atom is -0.463 e. The normalized spacial score (nSPS) is 11.0. The third-order valence-electron chi connectivity index (χ3n) is 3.40. The van der Waals surface area contributed by atoms with Crippen LogP contribution in [0.15, 0.2) is 45.7 Å². The van der Waals surface area contributed by atoms with E-state index in [-0.39, 0.29) is 28.8 Å². The van der Waals surface area contributed by atoms with E-state index in [1.54, 1.807) is 0 Å². The van der Waals surface area contributed by atoms with Gasteiger partial charge in [0.25, 0.3) is 0 Å². The van der Waals surface area contributed by atoms with E-state index in [9.17, 15) is 22.8 Å². The van der Waals surface area contributed by atoms with E-state index >= 15 is 0 Å². The Bertz CT molecular complexity index is 944. The maximum Gasteiger partial charge on any atom is 0.373 e. The van der Waals surface area contributed by atoms with Gasteiger partial charge in [-0.25, -0.2) is 13.2 Å². The number of hydrogen-bond donors (Lipinski definition) is 1. The maximum absolute atomic E-state index is 12.1. The highest BCUT2D eigenvalue weighted by Gasteiger charge is 2.17. The van der Waals surface area contributed by atoms with Gasteiger partial charge in [0.2, 0.25) is 15.8 Å². The third-order valence-corrected chi connectivity index (χ3v) is 4.82. The Balaban J connectivity index is 1.87. The summed E-state index contributed by atoms with van der Waals surface area (Å²) in [7, 11) is -2.74. The smallest absolute Gasteiger partial charge is 0.373 e. The molecule has 10 heteroatoms. The molecule has 0 amide bonds. The first-order chi connectivity index (χ1) is 12.7. The number of carbonyl (C=O) groups is 3. The SMILES string of the molecule is COC(=O)c1ccc(COC(=O)CNS(=O)(=O)c2ccc(C(C)=O)cc2)o1. The van der Waals surface area contributed by atoms with Gasteiger partial charge in [0.05, 0.1) is 12.0 Å². The number of methoxy groups -OCH3 is 1. The second-order valence-corrected chi connectivity index (χ2v) is 7.09. The second kappa shape index (κ2) is 8.60. The number of ketones is 1. The molecule has 0 saturated heterocycles. The van der Waals surface area contributed by atoms with Crippen molar-refractivity contribution in [3.05, 3.63) is 53.5 Å². The highest BCUT2D eigenvalue weighted by molar-refractivity contribution is 7.89. The molecule has 0 aliphatic carbocycles. The van der Waals surface area contributed by atoms with Crippen LogP contribution in [0.3, 0.4) is 0 Å². The fourth-order valence-corrected chi connectivity index (χ4v) is 2.94. The highest BCUT2D eigenvalue weighted by Crippen LogP contribution is 2.12. The number of esters is 2. The average molecular weight is 395 g/mol. The lowest BCUT2D eigenvalue weighted by molar-refractivity contribution is -0.144. The molecule has 0 saturated carbocycles. The van der Waals surface area contributed by atoms with Crippen LogP contribution >= 0.6 is 0 Å².